The summed E-state index contributed by atoms with van der Waals surface area (Å²) in [5, 5.41) is 0. The molecular weight excluding hydrogens is 237 g/mol. The van der Waals surface area contributed by atoms with Crippen molar-refractivity contribution in [3.63, 3.8) is 0 Å². The number of nitrogens with two attached hydrogens (primary N) is 2. The van der Waals surface area contributed by atoms with Crippen LogP contribution in [-0.2, 0) is 4.57 Å². The first-order valence-electron chi connectivity index (χ1n) is 5.03. The van der Waals surface area contributed by atoms with E-state index in [4.69, 9.17) is 11.0 Å². The lowest BCUT2D eigenvalue weighted by molar-refractivity contribution is 0.101. The van der Waals surface area contributed by atoms with Crippen LogP contribution in [0.2, 0.25) is 0 Å². The molecule has 0 bridgehead atoms. The van der Waals surface area contributed by atoms with Gasteiger partial charge in [0, 0.05) is 17.8 Å². The molecule has 0 saturated heterocycles. The summed E-state index contributed by atoms with van der Waals surface area (Å²) in [6.07, 6.45) is 1.55. The fourth-order valence-electron chi connectivity index (χ4n) is 1.42. The van der Waals surface area contributed by atoms with Crippen molar-refractivity contribution < 1.29 is 9.36 Å². The number of ketones is 1. The van der Waals surface area contributed by atoms with Crippen LogP contribution in [-0.4, -0.2) is 12.3 Å². The van der Waals surface area contributed by atoms with E-state index in [2.05, 4.69) is 6.58 Å². The lowest BCUT2D eigenvalue weighted by Gasteiger charge is -2.26. The van der Waals surface area contributed by atoms with Gasteiger partial charge in [0.2, 0.25) is 0 Å². The van der Waals surface area contributed by atoms with Crippen molar-refractivity contribution in [2.45, 2.75) is 6.92 Å². The van der Waals surface area contributed by atoms with Crippen LogP contribution in [0.5, 0.6) is 0 Å². The molecule has 1 aromatic rings. The van der Waals surface area contributed by atoms with Crippen molar-refractivity contribution in [2.24, 2.45) is 11.0 Å². The Morgan fingerprint density at radius 1 is 1.53 bits per heavy atom. The van der Waals surface area contributed by atoms with Gasteiger partial charge in [-0.3, -0.25) is 25.0 Å². The second-order valence-corrected chi connectivity index (χ2v) is 5.48. The normalized spacial score (nSPS) is 11.0. The number of rotatable bonds is 5. The Hall–Kier alpha value is -1.42. The zero-order valence-corrected chi connectivity index (χ0v) is 10.6. The molecule has 5 nitrogen and oxygen atoms in total. The molecule has 0 aliphatic carbocycles. The van der Waals surface area contributed by atoms with E-state index in [9.17, 15) is 9.36 Å². The van der Waals surface area contributed by atoms with E-state index in [0.717, 1.165) is 0 Å². The molecule has 0 amide bonds. The Morgan fingerprint density at radius 2 is 2.18 bits per heavy atom. The zero-order chi connectivity index (χ0) is 13.1. The third-order valence-electron chi connectivity index (χ3n) is 2.23. The number of carbonyl (C=O) groups is 1. The summed E-state index contributed by atoms with van der Waals surface area (Å²) in [4.78, 5) is 11.3. The second-order valence-electron chi connectivity index (χ2n) is 3.65. The average Bonchev–Trinajstić information content (AvgIpc) is 2.24. The molecule has 0 fully saturated rings. The van der Waals surface area contributed by atoms with Gasteiger partial charge in [-0.25, -0.2) is 0 Å². The third kappa shape index (κ3) is 3.53. The van der Waals surface area contributed by atoms with Gasteiger partial charge in [-0.15, -0.1) is 6.58 Å². The standard InChI is InChI=1S/C11H16N3O2P/c1-3-7-14(17(12,13)16)11-6-4-5-10(8-11)9(2)15/h3-6,8H,1,7H2,2H3,(H4,12,13,16). The predicted molar refractivity (Wildman–Crippen MR) is 70.0 cm³/mol. The van der Waals surface area contributed by atoms with Gasteiger partial charge in [-0.05, 0) is 19.1 Å². The quantitative estimate of drug-likeness (QED) is 0.475. The minimum Gasteiger partial charge on any atom is -0.296 e. The Bertz CT molecular complexity index is 481. The van der Waals surface area contributed by atoms with E-state index >= 15 is 0 Å². The minimum atomic E-state index is -3.41. The molecule has 0 aromatic heterocycles. The van der Waals surface area contributed by atoms with Crippen LogP contribution in [0, 0.1) is 0 Å². The highest BCUT2D eigenvalue weighted by Crippen LogP contribution is 2.37. The highest BCUT2D eigenvalue weighted by molar-refractivity contribution is 7.60. The van der Waals surface area contributed by atoms with Crippen molar-refractivity contribution in [3.05, 3.63) is 42.5 Å². The zero-order valence-electron chi connectivity index (χ0n) is 9.67. The van der Waals surface area contributed by atoms with Crippen LogP contribution >= 0.6 is 7.59 Å². The van der Waals surface area contributed by atoms with Gasteiger partial charge in [0.25, 0.3) is 0 Å². The highest BCUT2D eigenvalue weighted by Gasteiger charge is 2.20. The molecule has 0 aliphatic rings. The van der Waals surface area contributed by atoms with Gasteiger partial charge in [-0.2, -0.15) is 0 Å². The van der Waals surface area contributed by atoms with Gasteiger partial charge >= 0.3 is 7.59 Å². The monoisotopic (exact) mass is 253 g/mol. The van der Waals surface area contributed by atoms with Crippen LogP contribution in [0.25, 0.3) is 0 Å². The molecule has 0 radical (unpaired) electrons. The average molecular weight is 253 g/mol. The van der Waals surface area contributed by atoms with E-state index in [-0.39, 0.29) is 12.3 Å². The number of carbonyl (C=O) groups excluding carboxylic acids is 1. The van der Waals surface area contributed by atoms with E-state index in [1.165, 1.54) is 11.6 Å². The Morgan fingerprint density at radius 3 is 2.65 bits per heavy atom. The van der Waals surface area contributed by atoms with Gasteiger partial charge in [0.05, 0.1) is 0 Å². The van der Waals surface area contributed by atoms with Gasteiger partial charge < -0.3 is 0 Å². The number of hydrogen-bond donors (Lipinski definition) is 2. The van der Waals surface area contributed by atoms with Crippen LogP contribution in [0.1, 0.15) is 17.3 Å². The molecule has 0 heterocycles. The number of benzene rings is 1. The van der Waals surface area contributed by atoms with Gasteiger partial charge in [0.1, 0.15) is 0 Å². The number of hydrogen-bond acceptors (Lipinski definition) is 2. The van der Waals surface area contributed by atoms with E-state index in [1.807, 2.05) is 0 Å². The molecule has 92 valence electrons. The molecule has 6 heteroatoms. The summed E-state index contributed by atoms with van der Waals surface area (Å²) in [6.45, 7) is 5.27. The summed E-state index contributed by atoms with van der Waals surface area (Å²) >= 11 is 0. The van der Waals surface area contributed by atoms with Crippen molar-refractivity contribution >= 4 is 19.1 Å². The number of nitrogens with zero attached hydrogens (tertiary/aromatic N) is 1. The largest absolute Gasteiger partial charge is 0.300 e. The summed E-state index contributed by atoms with van der Waals surface area (Å²) < 4.78 is 13.1. The molecular formula is C11H16N3O2P. The van der Waals surface area contributed by atoms with Crippen LogP contribution in [0.4, 0.5) is 5.69 Å². The fourth-order valence-corrected chi connectivity index (χ4v) is 2.28. The molecule has 1 rings (SSSR count). The minimum absolute atomic E-state index is 0.0747. The number of Topliss-reactive ketones (excluding diaryl/α,β-unsaturated/α-hetero) is 1. The molecule has 17 heavy (non-hydrogen) atoms. The molecule has 0 atom stereocenters. The predicted octanol–water partition coefficient (Wildman–Crippen LogP) is 1.91. The summed E-state index contributed by atoms with van der Waals surface area (Å²) in [7, 11) is -3.41. The van der Waals surface area contributed by atoms with Gasteiger partial charge in [-0.1, -0.05) is 18.2 Å². The lowest BCUT2D eigenvalue weighted by Crippen LogP contribution is -2.28. The molecule has 0 spiro atoms. The van der Waals surface area contributed by atoms with Gasteiger partial charge in [0.15, 0.2) is 5.78 Å². The van der Waals surface area contributed by atoms with Crippen molar-refractivity contribution in [3.8, 4) is 0 Å². The first-order valence-corrected chi connectivity index (χ1v) is 6.83. The first-order chi connectivity index (χ1) is 7.86. The second kappa shape index (κ2) is 5.27. The summed E-state index contributed by atoms with van der Waals surface area (Å²) in [6, 6.07) is 6.67. The maximum atomic E-state index is 11.7. The van der Waals surface area contributed by atoms with Crippen LogP contribution in [0.15, 0.2) is 36.9 Å². The van der Waals surface area contributed by atoms with Crippen molar-refractivity contribution in [1.29, 1.82) is 0 Å². The van der Waals surface area contributed by atoms with E-state index < -0.39 is 7.59 Å². The van der Waals surface area contributed by atoms with Crippen molar-refractivity contribution in [1.82, 2.24) is 0 Å². The topological polar surface area (TPSA) is 89.4 Å². The Labute approximate surface area is 101 Å². The lowest BCUT2D eigenvalue weighted by atomic mass is 10.1. The van der Waals surface area contributed by atoms with E-state index in [1.54, 1.807) is 30.3 Å². The van der Waals surface area contributed by atoms with Crippen LogP contribution < -0.4 is 15.7 Å². The SMILES string of the molecule is C=CCN(c1cccc(C(C)=O)c1)P(N)(N)=O. The Balaban J connectivity index is 3.19. The summed E-state index contributed by atoms with van der Waals surface area (Å²) in [5.74, 6) is -0.0747. The number of anilines is 1. The molecule has 4 N–H and O–H groups in total. The molecule has 1 aromatic carbocycles. The summed E-state index contributed by atoms with van der Waals surface area (Å²) in [5.41, 5.74) is 12.0. The molecule has 0 unspecified atom stereocenters. The van der Waals surface area contributed by atoms with E-state index in [0.29, 0.717) is 11.3 Å². The maximum absolute atomic E-state index is 11.7. The van der Waals surface area contributed by atoms with Crippen LogP contribution in [0.3, 0.4) is 0 Å². The smallest absolute Gasteiger partial charge is 0.296 e. The highest BCUT2D eigenvalue weighted by atomic mass is 31.2. The Kier molecular flexibility index (Phi) is 4.23. The molecule has 0 aliphatic heterocycles. The third-order valence-corrected chi connectivity index (χ3v) is 3.38. The molecule has 0 saturated carbocycles. The van der Waals surface area contributed by atoms with Crippen molar-refractivity contribution in [2.75, 3.05) is 11.2 Å². The maximum Gasteiger partial charge on any atom is 0.300 e. The first kappa shape index (κ1) is 13.6. The fraction of sp³-hybridized carbons (Fsp3) is 0.182.